The zero-order valence-corrected chi connectivity index (χ0v) is 11.7. The van der Waals surface area contributed by atoms with E-state index in [4.69, 9.17) is 14.2 Å². The van der Waals surface area contributed by atoms with E-state index in [1.54, 1.807) is 7.11 Å². The molecule has 102 valence electrons. The van der Waals surface area contributed by atoms with Gasteiger partial charge in [0.15, 0.2) is 0 Å². The van der Waals surface area contributed by atoms with E-state index in [0.717, 1.165) is 6.42 Å². The van der Waals surface area contributed by atoms with Gasteiger partial charge in [0.2, 0.25) is 0 Å². The Balaban J connectivity index is 2.33. The van der Waals surface area contributed by atoms with Crippen LogP contribution in [-0.4, -0.2) is 51.7 Å². The Labute approximate surface area is 105 Å². The summed E-state index contributed by atoms with van der Waals surface area (Å²) in [5.74, 6) is 0.545. The Morgan fingerprint density at radius 1 is 1.24 bits per heavy atom. The fraction of sp³-hybridized carbons (Fsp3) is 1.00. The molecule has 1 aliphatic carbocycles. The van der Waals surface area contributed by atoms with Crippen LogP contribution in [-0.2, 0) is 14.2 Å². The Morgan fingerprint density at radius 3 is 2.47 bits per heavy atom. The average molecular weight is 245 g/mol. The molecule has 4 unspecified atom stereocenters. The summed E-state index contributed by atoms with van der Waals surface area (Å²) in [5.41, 5.74) is 0. The minimum Gasteiger partial charge on any atom is -0.382 e. The minimum atomic E-state index is 0.163. The van der Waals surface area contributed by atoms with Gasteiger partial charge in [-0.25, -0.2) is 0 Å². The molecule has 0 heterocycles. The maximum Gasteiger partial charge on any atom is 0.0991 e. The Morgan fingerprint density at radius 2 is 1.94 bits per heavy atom. The number of methoxy groups -OCH3 is 1. The molecule has 4 atom stereocenters. The first-order valence-electron chi connectivity index (χ1n) is 6.53. The van der Waals surface area contributed by atoms with Gasteiger partial charge < -0.3 is 19.5 Å². The fourth-order valence-corrected chi connectivity index (χ4v) is 1.92. The molecule has 0 radical (unpaired) electrons. The van der Waals surface area contributed by atoms with Gasteiger partial charge in [0.05, 0.1) is 31.5 Å². The molecule has 1 aliphatic rings. The molecule has 1 N–H and O–H groups in total. The van der Waals surface area contributed by atoms with E-state index in [1.807, 2.05) is 7.05 Å². The quantitative estimate of drug-likeness (QED) is 0.657. The number of nitrogens with one attached hydrogen (secondary N) is 1. The average Bonchev–Trinajstić information content (AvgIpc) is 2.28. The van der Waals surface area contributed by atoms with E-state index < -0.39 is 0 Å². The number of rotatable bonds is 8. The number of likely N-dealkylation sites (N-methyl/N-ethyl adjacent to an activating group) is 1. The summed E-state index contributed by atoms with van der Waals surface area (Å²) in [6.45, 7) is 7.76. The van der Waals surface area contributed by atoms with Gasteiger partial charge in [-0.3, -0.25) is 0 Å². The summed E-state index contributed by atoms with van der Waals surface area (Å²) in [5, 5.41) is 3.27. The topological polar surface area (TPSA) is 39.7 Å². The summed E-state index contributed by atoms with van der Waals surface area (Å²) in [7, 11) is 3.66. The summed E-state index contributed by atoms with van der Waals surface area (Å²) in [6.07, 6.45) is 1.70. The van der Waals surface area contributed by atoms with Crippen LogP contribution in [0.15, 0.2) is 0 Å². The molecule has 0 spiro atoms. The lowest BCUT2D eigenvalue weighted by atomic mass is 9.85. The maximum atomic E-state index is 6.02. The lowest BCUT2D eigenvalue weighted by molar-refractivity contribution is -0.173. The van der Waals surface area contributed by atoms with E-state index in [-0.39, 0.29) is 18.3 Å². The molecule has 1 saturated carbocycles. The molecular weight excluding hydrogens is 218 g/mol. The fourth-order valence-electron chi connectivity index (χ4n) is 1.92. The van der Waals surface area contributed by atoms with Crippen molar-refractivity contribution in [1.29, 1.82) is 0 Å². The largest absolute Gasteiger partial charge is 0.382 e. The molecule has 0 aromatic rings. The first kappa shape index (κ1) is 14.9. The van der Waals surface area contributed by atoms with Crippen LogP contribution >= 0.6 is 0 Å². The highest BCUT2D eigenvalue weighted by atomic mass is 16.6. The van der Waals surface area contributed by atoms with Crippen LogP contribution in [0.4, 0.5) is 0 Å². The molecule has 4 nitrogen and oxygen atoms in total. The monoisotopic (exact) mass is 245 g/mol. The molecular formula is C13H27NO3. The summed E-state index contributed by atoms with van der Waals surface area (Å²) in [6, 6.07) is 0.413. The molecule has 0 amide bonds. The van der Waals surface area contributed by atoms with Crippen molar-refractivity contribution in [2.75, 3.05) is 27.4 Å². The third kappa shape index (κ3) is 4.21. The molecule has 17 heavy (non-hydrogen) atoms. The van der Waals surface area contributed by atoms with Gasteiger partial charge in [0, 0.05) is 13.2 Å². The summed E-state index contributed by atoms with van der Waals surface area (Å²) >= 11 is 0. The van der Waals surface area contributed by atoms with Crippen molar-refractivity contribution in [3.05, 3.63) is 0 Å². The van der Waals surface area contributed by atoms with Crippen LogP contribution in [0.3, 0.4) is 0 Å². The number of ether oxygens (including phenoxy) is 3. The first-order valence-corrected chi connectivity index (χ1v) is 6.53. The Bertz CT molecular complexity index is 211. The van der Waals surface area contributed by atoms with Crippen molar-refractivity contribution in [3.8, 4) is 0 Å². The third-order valence-electron chi connectivity index (χ3n) is 3.55. The van der Waals surface area contributed by atoms with Crippen LogP contribution < -0.4 is 5.32 Å². The zero-order chi connectivity index (χ0) is 12.8. The van der Waals surface area contributed by atoms with E-state index in [0.29, 0.717) is 25.2 Å². The predicted molar refractivity (Wildman–Crippen MR) is 68.3 cm³/mol. The Kier molecular flexibility index (Phi) is 6.41. The van der Waals surface area contributed by atoms with Crippen LogP contribution in [0, 0.1) is 5.92 Å². The van der Waals surface area contributed by atoms with Crippen LogP contribution in [0.2, 0.25) is 0 Å². The molecule has 0 aromatic carbocycles. The zero-order valence-electron chi connectivity index (χ0n) is 11.7. The molecule has 4 heteroatoms. The van der Waals surface area contributed by atoms with Gasteiger partial charge in [0.1, 0.15) is 0 Å². The summed E-state index contributed by atoms with van der Waals surface area (Å²) in [4.78, 5) is 0. The second-order valence-electron chi connectivity index (χ2n) is 5.08. The second kappa shape index (κ2) is 7.31. The smallest absolute Gasteiger partial charge is 0.0991 e. The van der Waals surface area contributed by atoms with Gasteiger partial charge in [-0.15, -0.1) is 0 Å². The predicted octanol–water partition coefficient (Wildman–Crippen LogP) is 1.44. The van der Waals surface area contributed by atoms with Crippen molar-refractivity contribution in [1.82, 2.24) is 5.32 Å². The summed E-state index contributed by atoms with van der Waals surface area (Å²) < 4.78 is 16.8. The number of hydrogen-bond acceptors (Lipinski definition) is 4. The normalized spacial score (nSPS) is 30.4. The van der Waals surface area contributed by atoms with Crippen molar-refractivity contribution in [2.45, 2.75) is 51.5 Å². The van der Waals surface area contributed by atoms with Gasteiger partial charge >= 0.3 is 0 Å². The van der Waals surface area contributed by atoms with Gasteiger partial charge in [-0.05, 0) is 26.3 Å². The lowest BCUT2D eigenvalue weighted by Gasteiger charge is -2.45. The molecule has 0 aromatic heterocycles. The second-order valence-corrected chi connectivity index (χ2v) is 5.08. The Hall–Kier alpha value is -0.160. The SMILES string of the molecule is CNC1CC(OC(C)C(C)C)C1OCCOC. The highest BCUT2D eigenvalue weighted by Gasteiger charge is 2.42. The highest BCUT2D eigenvalue weighted by Crippen LogP contribution is 2.29. The third-order valence-corrected chi connectivity index (χ3v) is 3.55. The van der Waals surface area contributed by atoms with E-state index in [1.165, 1.54) is 0 Å². The lowest BCUT2D eigenvalue weighted by Crippen LogP contribution is -2.60. The van der Waals surface area contributed by atoms with E-state index in [9.17, 15) is 0 Å². The van der Waals surface area contributed by atoms with Gasteiger partial charge in [-0.2, -0.15) is 0 Å². The number of hydrogen-bond donors (Lipinski definition) is 1. The van der Waals surface area contributed by atoms with Gasteiger partial charge in [0.25, 0.3) is 0 Å². The van der Waals surface area contributed by atoms with Crippen LogP contribution in [0.25, 0.3) is 0 Å². The first-order chi connectivity index (χ1) is 8.10. The highest BCUT2D eigenvalue weighted by molar-refractivity contribution is 4.97. The van der Waals surface area contributed by atoms with E-state index >= 15 is 0 Å². The molecule has 0 bridgehead atoms. The minimum absolute atomic E-state index is 0.163. The van der Waals surface area contributed by atoms with Crippen LogP contribution in [0.5, 0.6) is 0 Å². The van der Waals surface area contributed by atoms with Crippen molar-refractivity contribution >= 4 is 0 Å². The van der Waals surface area contributed by atoms with Crippen LogP contribution in [0.1, 0.15) is 27.2 Å². The molecule has 0 aliphatic heterocycles. The molecule has 1 rings (SSSR count). The van der Waals surface area contributed by atoms with E-state index in [2.05, 4.69) is 26.1 Å². The molecule has 0 saturated heterocycles. The van der Waals surface area contributed by atoms with Crippen molar-refractivity contribution in [3.63, 3.8) is 0 Å². The standard InChI is InChI=1S/C13H27NO3/c1-9(2)10(3)17-12-8-11(14-4)13(12)16-7-6-15-5/h9-14H,6-8H2,1-5H3. The van der Waals surface area contributed by atoms with Gasteiger partial charge in [-0.1, -0.05) is 13.8 Å². The maximum absolute atomic E-state index is 6.02. The molecule has 1 fully saturated rings. The van der Waals surface area contributed by atoms with Crippen molar-refractivity contribution < 1.29 is 14.2 Å². The van der Waals surface area contributed by atoms with Crippen molar-refractivity contribution in [2.24, 2.45) is 5.92 Å².